The Hall–Kier alpha value is -0.900. The maximum atomic E-state index is 5.51. The first-order valence-electron chi connectivity index (χ1n) is 8.10. The maximum absolute atomic E-state index is 5.51. The van der Waals surface area contributed by atoms with Crippen LogP contribution in [0.3, 0.4) is 0 Å². The van der Waals surface area contributed by atoms with Crippen molar-refractivity contribution in [2.45, 2.75) is 46.2 Å². The van der Waals surface area contributed by atoms with E-state index in [2.05, 4.69) is 63.0 Å². The summed E-state index contributed by atoms with van der Waals surface area (Å²) in [4.78, 5) is 2.55. The average molecular weight is 290 g/mol. The topological polar surface area (TPSA) is 24.5 Å². The molecule has 1 unspecified atom stereocenters. The Bertz CT molecular complexity index is 464. The summed E-state index contributed by atoms with van der Waals surface area (Å²) in [6, 6.07) is 7.19. The van der Waals surface area contributed by atoms with Crippen molar-refractivity contribution >= 4 is 0 Å². The zero-order valence-electron chi connectivity index (χ0n) is 14.2. The second kappa shape index (κ2) is 6.91. The van der Waals surface area contributed by atoms with Gasteiger partial charge in [0.2, 0.25) is 0 Å². The summed E-state index contributed by atoms with van der Waals surface area (Å²) < 4.78 is 5.51. The van der Waals surface area contributed by atoms with Crippen LogP contribution in [0.1, 0.15) is 43.5 Å². The number of hydrogen-bond donors (Lipinski definition) is 1. The van der Waals surface area contributed by atoms with Gasteiger partial charge in [0.15, 0.2) is 0 Å². The minimum Gasteiger partial charge on any atom is -0.379 e. The van der Waals surface area contributed by atoms with E-state index in [9.17, 15) is 0 Å². The van der Waals surface area contributed by atoms with Crippen molar-refractivity contribution in [3.05, 3.63) is 34.9 Å². The monoisotopic (exact) mass is 290 g/mol. The standard InChI is InChI=1S/C18H30N2O/c1-6-19-17(16-8-7-14(2)15(3)13-16)18(4,5)20-9-11-21-12-10-20/h7-8,13,17,19H,6,9-12H2,1-5H3. The Morgan fingerprint density at radius 3 is 2.43 bits per heavy atom. The highest BCUT2D eigenvalue weighted by Gasteiger charge is 2.36. The quantitative estimate of drug-likeness (QED) is 0.902. The molecule has 1 aliphatic heterocycles. The lowest BCUT2D eigenvalue weighted by Crippen LogP contribution is -2.56. The molecule has 0 saturated carbocycles. The van der Waals surface area contributed by atoms with Gasteiger partial charge in [0, 0.05) is 18.6 Å². The SMILES string of the molecule is CCNC(c1ccc(C)c(C)c1)C(C)(C)N1CCOCC1. The molecule has 0 bridgehead atoms. The van der Waals surface area contributed by atoms with Gasteiger partial charge in [-0.15, -0.1) is 0 Å². The molecule has 118 valence electrons. The molecule has 1 aromatic carbocycles. The molecule has 1 fully saturated rings. The summed E-state index contributed by atoms with van der Waals surface area (Å²) in [5.41, 5.74) is 4.18. The summed E-state index contributed by atoms with van der Waals surface area (Å²) in [7, 11) is 0. The van der Waals surface area contributed by atoms with Crippen LogP contribution in [0, 0.1) is 13.8 Å². The fourth-order valence-corrected chi connectivity index (χ4v) is 3.25. The van der Waals surface area contributed by atoms with Crippen LogP contribution in [0.5, 0.6) is 0 Å². The minimum absolute atomic E-state index is 0.0709. The molecule has 0 spiro atoms. The Balaban J connectivity index is 2.29. The van der Waals surface area contributed by atoms with Crippen molar-refractivity contribution in [2.24, 2.45) is 0 Å². The van der Waals surface area contributed by atoms with Crippen molar-refractivity contribution in [1.82, 2.24) is 10.2 Å². The van der Waals surface area contributed by atoms with Gasteiger partial charge in [0.05, 0.1) is 19.3 Å². The smallest absolute Gasteiger partial charge is 0.0594 e. The van der Waals surface area contributed by atoms with E-state index in [1.165, 1.54) is 16.7 Å². The normalized spacial score (nSPS) is 18.7. The number of ether oxygens (including phenoxy) is 1. The van der Waals surface area contributed by atoms with Crippen molar-refractivity contribution < 1.29 is 4.74 Å². The third-order valence-electron chi connectivity index (χ3n) is 4.81. The molecule has 3 nitrogen and oxygen atoms in total. The van der Waals surface area contributed by atoms with Gasteiger partial charge < -0.3 is 10.1 Å². The van der Waals surface area contributed by atoms with E-state index in [1.54, 1.807) is 0 Å². The molecule has 1 saturated heterocycles. The predicted octanol–water partition coefficient (Wildman–Crippen LogP) is 3.06. The Morgan fingerprint density at radius 2 is 1.86 bits per heavy atom. The van der Waals surface area contributed by atoms with Gasteiger partial charge in [-0.05, 0) is 50.9 Å². The Morgan fingerprint density at radius 1 is 1.19 bits per heavy atom. The second-order valence-corrected chi connectivity index (χ2v) is 6.59. The fourth-order valence-electron chi connectivity index (χ4n) is 3.25. The van der Waals surface area contributed by atoms with Gasteiger partial charge in [-0.2, -0.15) is 0 Å². The Labute approximate surface area is 129 Å². The van der Waals surface area contributed by atoms with Crippen LogP contribution in [0.2, 0.25) is 0 Å². The fraction of sp³-hybridized carbons (Fsp3) is 0.667. The molecule has 0 radical (unpaired) electrons. The number of nitrogens with one attached hydrogen (secondary N) is 1. The molecule has 0 amide bonds. The van der Waals surface area contributed by atoms with Gasteiger partial charge in [-0.1, -0.05) is 25.1 Å². The summed E-state index contributed by atoms with van der Waals surface area (Å²) in [5, 5.41) is 3.70. The first kappa shape index (κ1) is 16.5. The zero-order valence-corrected chi connectivity index (χ0v) is 14.2. The molecule has 0 aromatic heterocycles. The van der Waals surface area contributed by atoms with Gasteiger partial charge in [-0.3, -0.25) is 4.90 Å². The van der Waals surface area contributed by atoms with Crippen LogP contribution in [-0.4, -0.2) is 43.3 Å². The highest BCUT2D eigenvalue weighted by Crippen LogP contribution is 2.32. The molecule has 2 rings (SSSR count). The van der Waals surface area contributed by atoms with E-state index >= 15 is 0 Å². The lowest BCUT2D eigenvalue weighted by Gasteiger charge is -2.46. The molecule has 3 heteroatoms. The van der Waals surface area contributed by atoms with Crippen LogP contribution in [0.4, 0.5) is 0 Å². The minimum atomic E-state index is 0.0709. The van der Waals surface area contributed by atoms with Crippen molar-refractivity contribution in [3.8, 4) is 0 Å². The predicted molar refractivity (Wildman–Crippen MR) is 88.8 cm³/mol. The molecular weight excluding hydrogens is 260 g/mol. The number of hydrogen-bond acceptors (Lipinski definition) is 3. The number of morpholine rings is 1. The van der Waals surface area contributed by atoms with Crippen LogP contribution in [0.15, 0.2) is 18.2 Å². The van der Waals surface area contributed by atoms with Gasteiger partial charge in [-0.25, -0.2) is 0 Å². The van der Waals surface area contributed by atoms with Crippen LogP contribution in [-0.2, 0) is 4.74 Å². The van der Waals surface area contributed by atoms with Crippen molar-refractivity contribution in [3.63, 3.8) is 0 Å². The molecule has 0 aliphatic carbocycles. The maximum Gasteiger partial charge on any atom is 0.0594 e. The van der Waals surface area contributed by atoms with E-state index in [0.717, 1.165) is 32.8 Å². The average Bonchev–Trinajstić information content (AvgIpc) is 2.48. The lowest BCUT2D eigenvalue weighted by atomic mass is 9.85. The highest BCUT2D eigenvalue weighted by molar-refractivity contribution is 5.33. The van der Waals surface area contributed by atoms with Gasteiger partial charge in [0.25, 0.3) is 0 Å². The third kappa shape index (κ3) is 3.65. The number of benzene rings is 1. The molecule has 1 heterocycles. The molecular formula is C18H30N2O. The van der Waals surface area contributed by atoms with Gasteiger partial charge in [0.1, 0.15) is 0 Å². The molecule has 1 aromatic rings. The summed E-state index contributed by atoms with van der Waals surface area (Å²) in [6.45, 7) is 15.9. The molecule has 1 atom stereocenters. The lowest BCUT2D eigenvalue weighted by molar-refractivity contribution is -0.0236. The van der Waals surface area contributed by atoms with E-state index in [1.807, 2.05) is 0 Å². The van der Waals surface area contributed by atoms with Crippen molar-refractivity contribution in [2.75, 3.05) is 32.8 Å². The van der Waals surface area contributed by atoms with Crippen LogP contribution in [0.25, 0.3) is 0 Å². The Kier molecular flexibility index (Phi) is 5.42. The van der Waals surface area contributed by atoms with E-state index in [4.69, 9.17) is 4.74 Å². The van der Waals surface area contributed by atoms with E-state index < -0.39 is 0 Å². The van der Waals surface area contributed by atoms with Crippen LogP contribution >= 0.6 is 0 Å². The number of likely N-dealkylation sites (N-methyl/N-ethyl adjacent to an activating group) is 1. The second-order valence-electron chi connectivity index (χ2n) is 6.59. The summed E-state index contributed by atoms with van der Waals surface area (Å²) in [5.74, 6) is 0. The first-order valence-corrected chi connectivity index (χ1v) is 8.10. The molecule has 1 N–H and O–H groups in total. The van der Waals surface area contributed by atoms with E-state index in [-0.39, 0.29) is 5.54 Å². The van der Waals surface area contributed by atoms with E-state index in [0.29, 0.717) is 6.04 Å². The number of aryl methyl sites for hydroxylation is 2. The zero-order chi connectivity index (χ0) is 15.5. The van der Waals surface area contributed by atoms with Gasteiger partial charge >= 0.3 is 0 Å². The number of rotatable bonds is 5. The number of nitrogens with zero attached hydrogens (tertiary/aromatic N) is 1. The molecule has 1 aliphatic rings. The highest BCUT2D eigenvalue weighted by atomic mass is 16.5. The summed E-state index contributed by atoms with van der Waals surface area (Å²) in [6.07, 6.45) is 0. The van der Waals surface area contributed by atoms with Crippen LogP contribution < -0.4 is 5.32 Å². The summed E-state index contributed by atoms with van der Waals surface area (Å²) >= 11 is 0. The van der Waals surface area contributed by atoms with Crippen molar-refractivity contribution in [1.29, 1.82) is 0 Å². The third-order valence-corrected chi connectivity index (χ3v) is 4.81. The molecule has 21 heavy (non-hydrogen) atoms. The first-order chi connectivity index (χ1) is 9.96. The largest absolute Gasteiger partial charge is 0.379 e.